The molecule has 6 heteroatoms. The van der Waals surface area contributed by atoms with Crippen LogP contribution in [-0.4, -0.2) is 48.4 Å². The first-order chi connectivity index (χ1) is 8.46. The zero-order chi connectivity index (χ0) is 14.6. The number of rotatable bonds is 2. The van der Waals surface area contributed by atoms with Crippen LogP contribution in [0.5, 0.6) is 0 Å². The molecular formula is C13H24O5Si. The summed E-state index contributed by atoms with van der Waals surface area (Å²) in [5.74, 6) is -0.627. The van der Waals surface area contributed by atoms with Crippen molar-refractivity contribution in [3.05, 3.63) is 0 Å². The van der Waals surface area contributed by atoms with E-state index in [0.717, 1.165) is 0 Å². The first-order valence-electron chi connectivity index (χ1n) is 6.76. The van der Waals surface area contributed by atoms with Gasteiger partial charge in [-0.2, -0.15) is 0 Å². The monoisotopic (exact) mass is 288 g/mol. The molecule has 0 spiro atoms. The number of esters is 1. The molecule has 4 atom stereocenters. The quantitative estimate of drug-likeness (QED) is 0.589. The summed E-state index contributed by atoms with van der Waals surface area (Å²) in [5.41, 5.74) is -1.48. The lowest BCUT2D eigenvalue weighted by Gasteiger charge is -2.43. The molecule has 1 saturated heterocycles. The zero-order valence-electron chi connectivity index (χ0n) is 12.3. The topological polar surface area (TPSA) is 76.0 Å². The van der Waals surface area contributed by atoms with Gasteiger partial charge in [0.15, 0.2) is 13.9 Å². The molecule has 110 valence electrons. The third-order valence-electron chi connectivity index (χ3n) is 4.73. The van der Waals surface area contributed by atoms with Crippen molar-refractivity contribution < 1.29 is 24.2 Å². The van der Waals surface area contributed by atoms with Gasteiger partial charge in [0.25, 0.3) is 0 Å². The minimum Gasteiger partial charge on any atom is -0.457 e. The van der Waals surface area contributed by atoms with Gasteiger partial charge >= 0.3 is 5.97 Å². The van der Waals surface area contributed by atoms with Crippen LogP contribution in [0.1, 0.15) is 33.6 Å². The van der Waals surface area contributed by atoms with Crippen molar-refractivity contribution >= 4 is 14.3 Å². The van der Waals surface area contributed by atoms with Crippen LogP contribution in [0.25, 0.3) is 0 Å². The molecule has 2 fully saturated rings. The number of hydrogen-bond donors (Lipinski definition) is 2. The third-order valence-corrected chi connectivity index (χ3v) is 9.23. The van der Waals surface area contributed by atoms with Crippen molar-refractivity contribution in [1.82, 2.24) is 0 Å². The van der Waals surface area contributed by atoms with Gasteiger partial charge in [-0.1, -0.05) is 20.8 Å². The number of hydrogen-bond acceptors (Lipinski definition) is 5. The van der Waals surface area contributed by atoms with Crippen molar-refractivity contribution in [2.45, 2.75) is 75.7 Å². The van der Waals surface area contributed by atoms with Crippen molar-refractivity contribution in [1.29, 1.82) is 0 Å². The molecule has 0 aromatic heterocycles. The molecule has 2 rings (SSSR count). The first-order valence-corrected chi connectivity index (χ1v) is 9.66. The Morgan fingerprint density at radius 2 is 1.95 bits per heavy atom. The van der Waals surface area contributed by atoms with E-state index in [-0.39, 0.29) is 17.9 Å². The van der Waals surface area contributed by atoms with E-state index in [1.807, 2.05) is 0 Å². The Morgan fingerprint density at radius 3 is 2.47 bits per heavy atom. The summed E-state index contributed by atoms with van der Waals surface area (Å²) in [4.78, 5) is 11.6. The van der Waals surface area contributed by atoms with Gasteiger partial charge in [0.05, 0.1) is 6.10 Å². The van der Waals surface area contributed by atoms with Gasteiger partial charge in [0, 0.05) is 12.8 Å². The van der Waals surface area contributed by atoms with Gasteiger partial charge in [0.2, 0.25) is 0 Å². The van der Waals surface area contributed by atoms with Crippen molar-refractivity contribution in [3.63, 3.8) is 0 Å². The number of aliphatic hydroxyl groups excluding tert-OH is 1. The Morgan fingerprint density at radius 1 is 1.37 bits per heavy atom. The van der Waals surface area contributed by atoms with E-state index in [1.54, 1.807) is 0 Å². The summed E-state index contributed by atoms with van der Waals surface area (Å²) in [5, 5.41) is 20.5. The van der Waals surface area contributed by atoms with Crippen LogP contribution in [0.15, 0.2) is 0 Å². The summed E-state index contributed by atoms with van der Waals surface area (Å²) >= 11 is 0. The molecule has 1 aliphatic heterocycles. The van der Waals surface area contributed by atoms with Gasteiger partial charge in [-0.3, -0.25) is 0 Å². The predicted molar refractivity (Wildman–Crippen MR) is 72.1 cm³/mol. The summed E-state index contributed by atoms with van der Waals surface area (Å²) in [6.45, 7) is 10.5. The van der Waals surface area contributed by atoms with Crippen LogP contribution in [0.3, 0.4) is 0 Å². The Hall–Kier alpha value is -0.433. The van der Waals surface area contributed by atoms with Gasteiger partial charge in [0.1, 0.15) is 12.2 Å². The predicted octanol–water partition coefficient (Wildman–Crippen LogP) is 1.19. The number of ether oxygens (including phenoxy) is 1. The maximum absolute atomic E-state index is 11.6. The molecule has 5 nitrogen and oxygen atoms in total. The standard InChI is InChI=1S/C13H24O5Si/c1-12(2,3)19(4,5)18-9-7-13(16)6-8(10(9)14)17-11(13)15/h8-10,14,16H,6-7H2,1-5H3/t8?,9-,10+,13-/m1/s1. The summed E-state index contributed by atoms with van der Waals surface area (Å²) in [6.07, 6.45) is -1.72. The van der Waals surface area contributed by atoms with Gasteiger partial charge in [-0.05, 0) is 18.1 Å². The van der Waals surface area contributed by atoms with Crippen molar-refractivity contribution in [3.8, 4) is 0 Å². The molecule has 2 bridgehead atoms. The fourth-order valence-electron chi connectivity index (χ4n) is 2.42. The molecule has 2 N–H and O–H groups in total. The van der Waals surface area contributed by atoms with Crippen molar-refractivity contribution in [2.24, 2.45) is 0 Å². The zero-order valence-corrected chi connectivity index (χ0v) is 13.3. The maximum atomic E-state index is 11.6. The Kier molecular flexibility index (Phi) is 3.37. The van der Waals surface area contributed by atoms with E-state index < -0.39 is 38.2 Å². The smallest absolute Gasteiger partial charge is 0.338 e. The van der Waals surface area contributed by atoms with Crippen LogP contribution >= 0.6 is 0 Å². The Bertz CT molecular complexity index is 389. The molecule has 1 heterocycles. The molecule has 0 radical (unpaired) electrons. The summed E-state index contributed by atoms with van der Waals surface area (Å²) in [7, 11) is -2.06. The van der Waals surface area contributed by atoms with E-state index in [0.29, 0.717) is 0 Å². The highest BCUT2D eigenvalue weighted by atomic mass is 28.4. The summed E-state index contributed by atoms with van der Waals surface area (Å²) in [6, 6.07) is 0. The lowest BCUT2D eigenvalue weighted by atomic mass is 9.82. The minimum absolute atomic E-state index is 0.0106. The van der Waals surface area contributed by atoms with Crippen LogP contribution in [0.2, 0.25) is 18.1 Å². The highest BCUT2D eigenvalue weighted by Gasteiger charge is 2.58. The first kappa shape index (κ1) is 15.0. The number of carbonyl (C=O) groups excluding carboxylic acids is 1. The lowest BCUT2D eigenvalue weighted by Crippen LogP contribution is -2.55. The van der Waals surface area contributed by atoms with Gasteiger partial charge < -0.3 is 19.4 Å². The molecule has 19 heavy (non-hydrogen) atoms. The van der Waals surface area contributed by atoms with Crippen LogP contribution < -0.4 is 0 Å². The molecule has 1 aliphatic carbocycles. The molecule has 1 saturated carbocycles. The van der Waals surface area contributed by atoms with E-state index in [9.17, 15) is 15.0 Å². The highest BCUT2D eigenvalue weighted by Crippen LogP contribution is 2.43. The highest BCUT2D eigenvalue weighted by molar-refractivity contribution is 6.74. The second-order valence-electron chi connectivity index (χ2n) is 7.29. The Labute approximate surface area is 115 Å². The number of aliphatic hydroxyl groups is 2. The van der Waals surface area contributed by atoms with E-state index in [4.69, 9.17) is 9.16 Å². The fourth-order valence-corrected chi connectivity index (χ4v) is 3.75. The van der Waals surface area contributed by atoms with Gasteiger partial charge in [-0.15, -0.1) is 0 Å². The number of fused-ring (bicyclic) bond motifs is 2. The Balaban J connectivity index is 2.16. The van der Waals surface area contributed by atoms with E-state index in [2.05, 4.69) is 33.9 Å². The van der Waals surface area contributed by atoms with Crippen LogP contribution in [-0.2, 0) is 14.0 Å². The average Bonchev–Trinajstić information content (AvgIpc) is 2.46. The third kappa shape index (κ3) is 2.46. The summed E-state index contributed by atoms with van der Waals surface area (Å²) < 4.78 is 11.2. The maximum Gasteiger partial charge on any atom is 0.338 e. The fraction of sp³-hybridized carbons (Fsp3) is 0.923. The average molecular weight is 288 g/mol. The second-order valence-corrected chi connectivity index (χ2v) is 12.0. The molecule has 2 aliphatic rings. The molecular weight excluding hydrogens is 264 g/mol. The molecule has 0 aromatic rings. The lowest BCUT2D eigenvalue weighted by molar-refractivity contribution is -0.154. The normalized spacial score (nSPS) is 39.3. The minimum atomic E-state index is -2.06. The van der Waals surface area contributed by atoms with Crippen LogP contribution in [0.4, 0.5) is 0 Å². The number of carbonyl (C=O) groups is 1. The van der Waals surface area contributed by atoms with E-state index in [1.165, 1.54) is 0 Å². The van der Waals surface area contributed by atoms with Gasteiger partial charge in [-0.25, -0.2) is 4.79 Å². The second kappa shape index (κ2) is 4.28. The van der Waals surface area contributed by atoms with E-state index >= 15 is 0 Å². The molecule has 0 aromatic carbocycles. The molecule has 0 amide bonds. The largest absolute Gasteiger partial charge is 0.457 e. The van der Waals surface area contributed by atoms with Crippen LogP contribution in [0, 0.1) is 0 Å². The molecule has 1 unspecified atom stereocenters. The van der Waals surface area contributed by atoms with Crippen molar-refractivity contribution in [2.75, 3.05) is 0 Å². The SMILES string of the molecule is CC(C)(C)[Si](C)(C)O[C@@H]1C[C@]2(O)CC(OC2=O)[C@@H]1O.